The van der Waals surface area contributed by atoms with Gasteiger partial charge >= 0.3 is 5.97 Å². The van der Waals surface area contributed by atoms with Crippen LogP contribution in [0.2, 0.25) is 0 Å². The zero-order chi connectivity index (χ0) is 12.3. The fourth-order valence-electron chi connectivity index (χ4n) is 1.92. The molecule has 17 heavy (non-hydrogen) atoms. The van der Waals surface area contributed by atoms with E-state index in [1.54, 1.807) is 18.3 Å². The van der Waals surface area contributed by atoms with Gasteiger partial charge in [0.2, 0.25) is 0 Å². The van der Waals surface area contributed by atoms with Crippen LogP contribution in [0.4, 0.5) is 0 Å². The highest BCUT2D eigenvalue weighted by Gasteiger charge is 2.23. The fourth-order valence-corrected chi connectivity index (χ4v) is 2.94. The number of hydrogen-bond acceptors (Lipinski definition) is 5. The van der Waals surface area contributed by atoms with Gasteiger partial charge in [-0.1, -0.05) is 0 Å². The van der Waals surface area contributed by atoms with Gasteiger partial charge in [0.05, 0.1) is 18.2 Å². The molecule has 1 unspecified atom stereocenters. The van der Waals surface area contributed by atoms with Crippen molar-refractivity contribution >= 4 is 17.3 Å². The van der Waals surface area contributed by atoms with Crippen molar-refractivity contribution in [1.29, 1.82) is 0 Å². The van der Waals surface area contributed by atoms with E-state index in [4.69, 9.17) is 9.47 Å². The van der Waals surface area contributed by atoms with Crippen LogP contribution in [0.15, 0.2) is 0 Å². The maximum Gasteiger partial charge on any atom is 0.358 e. The summed E-state index contributed by atoms with van der Waals surface area (Å²) in [6, 6.07) is 0. The van der Waals surface area contributed by atoms with Crippen LogP contribution in [-0.2, 0) is 9.47 Å². The molecule has 94 valence electrons. The molecule has 4 nitrogen and oxygen atoms in total. The van der Waals surface area contributed by atoms with Crippen LogP contribution >= 0.6 is 11.3 Å². The van der Waals surface area contributed by atoms with Crippen LogP contribution in [0.5, 0.6) is 0 Å². The highest BCUT2D eigenvalue weighted by molar-refractivity contribution is 7.12. The Labute approximate surface area is 105 Å². The standard InChI is InChI=1S/C12H17NO3S/c1-3-16-12(14)10-8(2)17-11(13-10)9-5-4-6-15-7-9/h9H,3-7H2,1-2H3. The molecular formula is C12H17NO3S. The first-order valence-corrected chi connectivity index (χ1v) is 6.76. The van der Waals surface area contributed by atoms with Crippen LogP contribution < -0.4 is 0 Å². The molecule has 5 heteroatoms. The number of hydrogen-bond donors (Lipinski definition) is 0. The summed E-state index contributed by atoms with van der Waals surface area (Å²) in [7, 11) is 0. The average Bonchev–Trinajstić information content (AvgIpc) is 2.73. The van der Waals surface area contributed by atoms with E-state index < -0.39 is 0 Å². The molecular weight excluding hydrogens is 238 g/mol. The summed E-state index contributed by atoms with van der Waals surface area (Å²) in [5, 5.41) is 1.00. The van der Waals surface area contributed by atoms with Crippen molar-refractivity contribution in [3.63, 3.8) is 0 Å². The molecule has 0 amide bonds. The van der Waals surface area contributed by atoms with E-state index >= 15 is 0 Å². The number of thiazole rings is 1. The molecule has 0 N–H and O–H groups in total. The Bertz CT molecular complexity index is 396. The Hall–Kier alpha value is -0.940. The first-order valence-electron chi connectivity index (χ1n) is 5.94. The number of esters is 1. The maximum absolute atomic E-state index is 11.7. The lowest BCUT2D eigenvalue weighted by molar-refractivity contribution is 0.0518. The molecule has 2 heterocycles. The van der Waals surface area contributed by atoms with Crippen molar-refractivity contribution in [3.8, 4) is 0 Å². The molecule has 0 radical (unpaired) electrons. The normalized spacial score (nSPS) is 20.2. The Morgan fingerprint density at radius 1 is 1.65 bits per heavy atom. The van der Waals surface area contributed by atoms with Gasteiger partial charge in [0, 0.05) is 17.4 Å². The molecule has 1 aromatic heterocycles. The first kappa shape index (κ1) is 12.5. The number of rotatable bonds is 3. The van der Waals surface area contributed by atoms with Crippen molar-refractivity contribution in [2.45, 2.75) is 32.6 Å². The minimum atomic E-state index is -0.316. The smallest absolute Gasteiger partial charge is 0.358 e. The van der Waals surface area contributed by atoms with Gasteiger partial charge < -0.3 is 9.47 Å². The Balaban J connectivity index is 2.14. The van der Waals surface area contributed by atoms with Gasteiger partial charge in [0.25, 0.3) is 0 Å². The second-order valence-electron chi connectivity index (χ2n) is 4.09. The van der Waals surface area contributed by atoms with E-state index in [1.165, 1.54) is 0 Å². The molecule has 1 atom stereocenters. The van der Waals surface area contributed by atoms with Crippen LogP contribution in [0, 0.1) is 6.92 Å². The van der Waals surface area contributed by atoms with Gasteiger partial charge in [-0.3, -0.25) is 0 Å². The molecule has 1 aliphatic rings. The van der Waals surface area contributed by atoms with Crippen molar-refractivity contribution in [1.82, 2.24) is 4.98 Å². The first-order chi connectivity index (χ1) is 8.22. The Kier molecular flexibility index (Phi) is 4.12. The van der Waals surface area contributed by atoms with E-state index in [-0.39, 0.29) is 5.97 Å². The van der Waals surface area contributed by atoms with Gasteiger partial charge in [0.1, 0.15) is 0 Å². The van der Waals surface area contributed by atoms with E-state index in [9.17, 15) is 4.79 Å². The SMILES string of the molecule is CCOC(=O)c1nc(C2CCCOC2)sc1C. The minimum Gasteiger partial charge on any atom is -0.461 e. The highest BCUT2D eigenvalue weighted by Crippen LogP contribution is 2.30. The van der Waals surface area contributed by atoms with Crippen LogP contribution in [-0.4, -0.2) is 30.8 Å². The van der Waals surface area contributed by atoms with Crippen LogP contribution in [0.1, 0.15) is 46.1 Å². The number of carbonyl (C=O) groups excluding carboxylic acids is 1. The minimum absolute atomic E-state index is 0.316. The predicted molar refractivity (Wildman–Crippen MR) is 65.6 cm³/mol. The molecule has 2 rings (SSSR count). The van der Waals surface area contributed by atoms with Crippen LogP contribution in [0.3, 0.4) is 0 Å². The van der Waals surface area contributed by atoms with Gasteiger partial charge in [-0.25, -0.2) is 9.78 Å². The summed E-state index contributed by atoms with van der Waals surface area (Å²) in [4.78, 5) is 17.0. The van der Waals surface area contributed by atoms with Gasteiger partial charge in [-0.05, 0) is 26.7 Å². The number of aromatic nitrogens is 1. The quantitative estimate of drug-likeness (QED) is 0.779. The van der Waals surface area contributed by atoms with Gasteiger partial charge in [-0.2, -0.15) is 0 Å². The van der Waals surface area contributed by atoms with E-state index in [0.29, 0.717) is 18.2 Å². The van der Waals surface area contributed by atoms with Crippen LogP contribution in [0.25, 0.3) is 0 Å². The molecule has 0 saturated carbocycles. The summed E-state index contributed by atoms with van der Waals surface area (Å²) in [6.07, 6.45) is 2.16. The topological polar surface area (TPSA) is 48.4 Å². The number of nitrogens with zero attached hydrogens (tertiary/aromatic N) is 1. The molecule has 1 aliphatic heterocycles. The second-order valence-corrected chi connectivity index (χ2v) is 5.33. The lowest BCUT2D eigenvalue weighted by Crippen LogP contribution is -2.15. The van der Waals surface area contributed by atoms with Gasteiger partial charge in [-0.15, -0.1) is 11.3 Å². The van der Waals surface area contributed by atoms with E-state index in [1.807, 2.05) is 6.92 Å². The number of aryl methyl sites for hydroxylation is 1. The summed E-state index contributed by atoms with van der Waals surface area (Å²) in [6.45, 7) is 5.66. The third-order valence-corrected chi connectivity index (χ3v) is 3.92. The van der Waals surface area contributed by atoms with E-state index in [0.717, 1.165) is 35.9 Å². The number of ether oxygens (including phenoxy) is 2. The summed E-state index contributed by atoms with van der Waals surface area (Å²) >= 11 is 1.58. The number of carbonyl (C=O) groups is 1. The molecule has 1 saturated heterocycles. The van der Waals surface area contributed by atoms with Crippen molar-refractivity contribution in [2.75, 3.05) is 19.8 Å². The summed E-state index contributed by atoms with van der Waals surface area (Å²) < 4.78 is 10.4. The molecule has 0 aromatic carbocycles. The molecule has 1 fully saturated rings. The van der Waals surface area contributed by atoms with Crippen molar-refractivity contribution in [2.24, 2.45) is 0 Å². The summed E-state index contributed by atoms with van der Waals surface area (Å²) in [5.41, 5.74) is 0.470. The Morgan fingerprint density at radius 2 is 2.47 bits per heavy atom. The zero-order valence-electron chi connectivity index (χ0n) is 10.2. The van der Waals surface area contributed by atoms with Gasteiger partial charge in [0.15, 0.2) is 5.69 Å². The summed E-state index contributed by atoms with van der Waals surface area (Å²) in [5.74, 6) is 0.0276. The molecule has 0 spiro atoms. The average molecular weight is 255 g/mol. The predicted octanol–water partition coefficient (Wildman–Crippen LogP) is 2.52. The monoisotopic (exact) mass is 255 g/mol. The lowest BCUT2D eigenvalue weighted by Gasteiger charge is -2.19. The third kappa shape index (κ3) is 2.84. The highest BCUT2D eigenvalue weighted by atomic mass is 32.1. The third-order valence-electron chi connectivity index (χ3n) is 2.79. The Morgan fingerprint density at radius 3 is 3.12 bits per heavy atom. The fraction of sp³-hybridized carbons (Fsp3) is 0.667. The molecule has 0 aliphatic carbocycles. The van der Waals surface area contributed by atoms with Crippen molar-refractivity contribution in [3.05, 3.63) is 15.6 Å². The zero-order valence-corrected chi connectivity index (χ0v) is 11.0. The molecule has 1 aromatic rings. The lowest BCUT2D eigenvalue weighted by atomic mass is 10.0. The maximum atomic E-state index is 11.7. The van der Waals surface area contributed by atoms with Crippen molar-refractivity contribution < 1.29 is 14.3 Å². The molecule has 0 bridgehead atoms. The largest absolute Gasteiger partial charge is 0.461 e. The van der Waals surface area contributed by atoms with E-state index in [2.05, 4.69) is 4.98 Å². The second kappa shape index (κ2) is 5.60.